The summed E-state index contributed by atoms with van der Waals surface area (Å²) >= 11 is 2.30. The molecule has 18 nitrogen and oxygen atoms in total. The van der Waals surface area contributed by atoms with Crippen LogP contribution in [0.5, 0.6) is 0 Å². The molecule has 0 radical (unpaired) electrons. The van der Waals surface area contributed by atoms with Crippen LogP contribution >= 0.6 is 23.5 Å². The number of halogens is 4. The summed E-state index contributed by atoms with van der Waals surface area (Å²) in [4.78, 5) is 98.0. The molecule has 384 valence electrons. The number of nitrogens with zero attached hydrogens (tertiary/aromatic N) is 6. The number of thioether (sulfide) groups is 2. The standard InChI is InChI=1S/2C25H23F2N5O4S/c1-11(2)19-21(17(8-9-29-19)37-12(3)24(34)36-4)32-22-13(23(33)31-25(32)35)10-15(27)20(30-22)18-14(26)6-5-7-16(18)28;1-11(2)19-21(17(7-8-29-19)37-10-12(3)24(34)35)32-22-13(23(33)31-25(32)36)9-15(27)20(30-22)18-14(26)5-4-6-16(18)28/h5-12H,28H2,1-4H3,(H,31,33,35);4-9,11-12H,10,28H2,1-3H3,(H,34,35)(H,31,33,36). The number of hydrogen-bond acceptors (Lipinski definition) is 15. The van der Waals surface area contributed by atoms with Gasteiger partial charge in [0.25, 0.3) is 11.1 Å². The number of nitrogens with one attached hydrogen (secondary N) is 2. The molecule has 0 spiro atoms. The smallest absolute Gasteiger partial charge is 0.334 e. The van der Waals surface area contributed by atoms with Crippen molar-refractivity contribution in [2.75, 3.05) is 24.3 Å². The lowest BCUT2D eigenvalue weighted by Crippen LogP contribution is -2.31. The summed E-state index contributed by atoms with van der Waals surface area (Å²) in [7, 11) is 1.26. The Labute approximate surface area is 425 Å². The summed E-state index contributed by atoms with van der Waals surface area (Å²) in [5, 5.41) is 8.16. The van der Waals surface area contributed by atoms with E-state index in [1.165, 1.54) is 55.5 Å². The van der Waals surface area contributed by atoms with E-state index in [1.807, 2.05) is 27.7 Å². The summed E-state index contributed by atoms with van der Waals surface area (Å²) in [6, 6.07) is 12.7. The number of nitrogens with two attached hydrogens (primary N) is 2. The van der Waals surface area contributed by atoms with Crippen molar-refractivity contribution >= 4 is 68.9 Å². The molecule has 0 aliphatic rings. The number of anilines is 2. The Kier molecular flexibility index (Phi) is 15.9. The van der Waals surface area contributed by atoms with Crippen LogP contribution in [0.25, 0.3) is 56.0 Å². The van der Waals surface area contributed by atoms with Crippen LogP contribution in [0.3, 0.4) is 0 Å². The van der Waals surface area contributed by atoms with Gasteiger partial charge in [-0.3, -0.25) is 39.1 Å². The molecule has 8 aromatic rings. The molecule has 6 heterocycles. The van der Waals surface area contributed by atoms with E-state index in [-0.39, 0.29) is 73.5 Å². The summed E-state index contributed by atoms with van der Waals surface area (Å²) in [5.41, 5.74) is 7.63. The van der Waals surface area contributed by atoms with Gasteiger partial charge < -0.3 is 21.3 Å². The molecular weight excluding hydrogens is 1010 g/mol. The highest BCUT2D eigenvalue weighted by Gasteiger charge is 2.28. The molecule has 2 atom stereocenters. The first-order valence-corrected chi connectivity index (χ1v) is 24.3. The quantitative estimate of drug-likeness (QED) is 0.0320. The van der Waals surface area contributed by atoms with Gasteiger partial charge in [0.1, 0.15) is 28.3 Å². The highest BCUT2D eigenvalue weighted by atomic mass is 32.2. The molecular formula is C50H46F4N10O8S2. The van der Waals surface area contributed by atoms with Crippen LogP contribution in [0.2, 0.25) is 0 Å². The van der Waals surface area contributed by atoms with Crippen LogP contribution in [0.1, 0.15) is 64.8 Å². The fourth-order valence-corrected chi connectivity index (χ4v) is 9.80. The van der Waals surface area contributed by atoms with Gasteiger partial charge in [0, 0.05) is 39.3 Å². The van der Waals surface area contributed by atoms with Crippen molar-refractivity contribution in [2.45, 2.75) is 68.4 Å². The highest BCUT2D eigenvalue weighted by molar-refractivity contribution is 8.00. The predicted octanol–water partition coefficient (Wildman–Crippen LogP) is 7.71. The maximum Gasteiger partial charge on any atom is 0.334 e. The van der Waals surface area contributed by atoms with Crippen LogP contribution in [0.15, 0.2) is 102 Å². The first-order valence-electron chi connectivity index (χ1n) is 22.4. The van der Waals surface area contributed by atoms with E-state index in [4.69, 9.17) is 16.2 Å². The van der Waals surface area contributed by atoms with Gasteiger partial charge in [-0.25, -0.2) is 46.3 Å². The van der Waals surface area contributed by atoms with E-state index in [1.54, 1.807) is 26.0 Å². The molecule has 0 fully saturated rings. The third-order valence-electron chi connectivity index (χ3n) is 11.4. The normalized spacial score (nSPS) is 12.2. The van der Waals surface area contributed by atoms with Crippen molar-refractivity contribution in [3.63, 3.8) is 0 Å². The van der Waals surface area contributed by atoms with Crippen LogP contribution in [-0.2, 0) is 14.3 Å². The third-order valence-corrected chi connectivity index (χ3v) is 13.8. The lowest BCUT2D eigenvalue weighted by atomic mass is 10.1. The number of carboxylic acid groups (broad SMARTS) is 1. The molecule has 0 bridgehead atoms. The number of rotatable bonds is 13. The minimum Gasteiger partial charge on any atom is -0.481 e. The molecule has 2 aromatic carbocycles. The zero-order valence-electron chi connectivity index (χ0n) is 40.4. The summed E-state index contributed by atoms with van der Waals surface area (Å²) in [6.45, 7) is 10.6. The fourth-order valence-electron chi connectivity index (χ4n) is 7.71. The van der Waals surface area contributed by atoms with Crippen LogP contribution < -0.4 is 34.0 Å². The SMILES string of the molecule is CC(CSc1ccnc(C(C)C)c1-n1c(=O)[nH]c(=O)c2cc(F)c(-c3c(N)cccc3F)nc21)C(=O)O.COC(=O)C(C)Sc1ccnc(C(C)C)c1-n1c(=O)[nH]c(=O)c2cc(F)c(-c3c(N)cccc3F)nc21. The number of ether oxygens (including phenoxy) is 1. The largest absolute Gasteiger partial charge is 0.481 e. The number of aromatic amines is 2. The summed E-state index contributed by atoms with van der Waals surface area (Å²) in [6.07, 6.45) is 3.06. The van der Waals surface area contributed by atoms with E-state index < -0.39 is 80.3 Å². The number of aliphatic carboxylic acids is 1. The minimum atomic E-state index is -1.000. The molecule has 8 rings (SSSR count). The van der Waals surface area contributed by atoms with Crippen LogP contribution in [0.4, 0.5) is 28.9 Å². The molecule has 0 saturated heterocycles. The van der Waals surface area contributed by atoms with E-state index in [0.717, 1.165) is 45.2 Å². The lowest BCUT2D eigenvalue weighted by Gasteiger charge is -2.20. The Bertz CT molecular complexity index is 3750. The Morgan fingerprint density at radius 1 is 0.676 bits per heavy atom. The average Bonchev–Trinajstić information content (AvgIpc) is 3.34. The number of carboxylic acids is 1. The van der Waals surface area contributed by atoms with Crippen molar-refractivity contribution in [2.24, 2.45) is 5.92 Å². The first kappa shape index (κ1) is 53.7. The van der Waals surface area contributed by atoms with Gasteiger partial charge in [-0.05, 0) is 67.3 Å². The topological polar surface area (TPSA) is 277 Å². The number of esters is 1. The van der Waals surface area contributed by atoms with Gasteiger partial charge in [0.05, 0.1) is 57.7 Å². The molecule has 6 aromatic heterocycles. The lowest BCUT2D eigenvalue weighted by molar-refractivity contribution is -0.140. The molecule has 24 heteroatoms. The Morgan fingerprint density at radius 3 is 1.51 bits per heavy atom. The van der Waals surface area contributed by atoms with Crippen molar-refractivity contribution in [1.82, 2.24) is 39.0 Å². The number of hydrogen-bond donors (Lipinski definition) is 5. The van der Waals surface area contributed by atoms with Gasteiger partial charge in [-0.2, -0.15) is 0 Å². The van der Waals surface area contributed by atoms with E-state index >= 15 is 8.78 Å². The van der Waals surface area contributed by atoms with Crippen molar-refractivity contribution in [1.29, 1.82) is 0 Å². The highest BCUT2D eigenvalue weighted by Crippen LogP contribution is 2.38. The molecule has 0 aliphatic heterocycles. The Balaban J connectivity index is 0.000000216. The summed E-state index contributed by atoms with van der Waals surface area (Å²) in [5.74, 6) is -6.05. The predicted molar refractivity (Wildman–Crippen MR) is 274 cm³/mol. The number of aromatic nitrogens is 8. The number of carbonyl (C=O) groups excluding carboxylic acids is 1. The first-order chi connectivity index (χ1) is 35.0. The van der Waals surface area contributed by atoms with E-state index in [0.29, 0.717) is 21.2 Å². The van der Waals surface area contributed by atoms with Crippen molar-refractivity contribution in [3.05, 3.63) is 149 Å². The molecule has 74 heavy (non-hydrogen) atoms. The average molecular weight is 1060 g/mol. The maximum absolute atomic E-state index is 15.2. The van der Waals surface area contributed by atoms with Gasteiger partial charge in [0.15, 0.2) is 22.9 Å². The second kappa shape index (κ2) is 21.9. The van der Waals surface area contributed by atoms with Crippen molar-refractivity contribution in [3.8, 4) is 33.9 Å². The van der Waals surface area contributed by atoms with Gasteiger partial charge in [-0.1, -0.05) is 46.8 Å². The third kappa shape index (κ3) is 10.5. The summed E-state index contributed by atoms with van der Waals surface area (Å²) < 4.78 is 66.7. The number of methoxy groups -OCH3 is 1. The van der Waals surface area contributed by atoms with Gasteiger partial charge in [0.2, 0.25) is 0 Å². The number of benzene rings is 2. The maximum atomic E-state index is 15.2. The number of carbonyl (C=O) groups is 2. The molecule has 0 saturated carbocycles. The zero-order chi connectivity index (χ0) is 54.0. The van der Waals surface area contributed by atoms with E-state index in [2.05, 4.69) is 29.9 Å². The van der Waals surface area contributed by atoms with E-state index in [9.17, 15) is 42.7 Å². The molecule has 0 aliphatic carbocycles. The second-order valence-corrected chi connectivity index (χ2v) is 19.7. The number of pyridine rings is 4. The molecule has 0 amide bonds. The number of H-pyrrole nitrogens is 2. The second-order valence-electron chi connectivity index (χ2n) is 17.2. The van der Waals surface area contributed by atoms with Crippen molar-refractivity contribution < 1.29 is 37.0 Å². The van der Waals surface area contributed by atoms with Crippen LogP contribution in [-0.4, -0.2) is 74.2 Å². The monoisotopic (exact) mass is 1050 g/mol. The van der Waals surface area contributed by atoms with Crippen LogP contribution in [0, 0.1) is 29.2 Å². The number of fused-ring (bicyclic) bond motifs is 2. The molecule has 7 N–H and O–H groups in total. The van der Waals surface area contributed by atoms with Gasteiger partial charge in [-0.15, -0.1) is 23.5 Å². The molecule has 2 unspecified atom stereocenters. The number of nitrogen functional groups attached to an aromatic ring is 2. The van der Waals surface area contributed by atoms with Gasteiger partial charge >= 0.3 is 23.3 Å². The zero-order valence-corrected chi connectivity index (χ0v) is 42.0. The Hall–Kier alpha value is -8.12. The Morgan fingerprint density at radius 2 is 1.11 bits per heavy atom. The minimum absolute atomic E-state index is 0.0723. The fraction of sp³-hybridized carbons (Fsp3) is 0.240.